The fourth-order valence-electron chi connectivity index (χ4n) is 3.26. The average Bonchev–Trinajstić information content (AvgIpc) is 3.16. The molecule has 1 aliphatic heterocycles. The summed E-state index contributed by atoms with van der Waals surface area (Å²) in [7, 11) is 0. The van der Waals surface area contributed by atoms with E-state index in [9.17, 15) is 0 Å². The SMILES string of the molecule is CCNC(=NCCN(C(C)C)C1CC1)N1CCC(C)(C)C1. The molecule has 2 aliphatic rings. The van der Waals surface area contributed by atoms with Crippen LogP contribution in [0.2, 0.25) is 0 Å². The Labute approximate surface area is 131 Å². The van der Waals surface area contributed by atoms with Crippen LogP contribution in [-0.2, 0) is 0 Å². The predicted octanol–water partition coefficient (Wildman–Crippen LogP) is 2.56. The van der Waals surface area contributed by atoms with Gasteiger partial charge < -0.3 is 10.2 Å². The molecule has 0 aromatic carbocycles. The van der Waals surface area contributed by atoms with Crippen LogP contribution in [0.25, 0.3) is 0 Å². The van der Waals surface area contributed by atoms with Crippen molar-refractivity contribution in [3.8, 4) is 0 Å². The van der Waals surface area contributed by atoms with Crippen molar-refractivity contribution in [2.45, 2.75) is 66.0 Å². The summed E-state index contributed by atoms with van der Waals surface area (Å²) in [6.45, 7) is 16.7. The van der Waals surface area contributed by atoms with E-state index in [1.54, 1.807) is 0 Å². The van der Waals surface area contributed by atoms with Gasteiger partial charge in [0.1, 0.15) is 0 Å². The van der Waals surface area contributed by atoms with Gasteiger partial charge in [-0.3, -0.25) is 9.89 Å². The molecule has 2 fully saturated rings. The van der Waals surface area contributed by atoms with Gasteiger partial charge in [-0.15, -0.1) is 0 Å². The Morgan fingerprint density at radius 1 is 1.38 bits per heavy atom. The van der Waals surface area contributed by atoms with Gasteiger partial charge in [0.2, 0.25) is 0 Å². The largest absolute Gasteiger partial charge is 0.357 e. The molecule has 0 radical (unpaired) electrons. The maximum absolute atomic E-state index is 4.88. The van der Waals surface area contributed by atoms with Crippen LogP contribution in [0.15, 0.2) is 4.99 Å². The Bertz CT molecular complexity index is 356. The van der Waals surface area contributed by atoms with Crippen molar-refractivity contribution in [3.05, 3.63) is 0 Å². The summed E-state index contributed by atoms with van der Waals surface area (Å²) in [6, 6.07) is 1.47. The molecule has 4 nitrogen and oxygen atoms in total. The van der Waals surface area contributed by atoms with Crippen LogP contribution < -0.4 is 5.32 Å². The smallest absolute Gasteiger partial charge is 0.193 e. The third-order valence-electron chi connectivity index (χ3n) is 4.61. The third-order valence-corrected chi connectivity index (χ3v) is 4.61. The molecule has 1 heterocycles. The molecule has 0 amide bonds. The molecule has 0 aromatic rings. The molecular weight excluding hydrogens is 260 g/mol. The van der Waals surface area contributed by atoms with Gasteiger partial charge in [-0.2, -0.15) is 0 Å². The fraction of sp³-hybridized carbons (Fsp3) is 0.941. The number of rotatable bonds is 6. The zero-order chi connectivity index (χ0) is 15.5. The van der Waals surface area contributed by atoms with Crippen molar-refractivity contribution < 1.29 is 0 Å². The van der Waals surface area contributed by atoms with Crippen molar-refractivity contribution in [2.24, 2.45) is 10.4 Å². The Morgan fingerprint density at radius 2 is 2.10 bits per heavy atom. The van der Waals surface area contributed by atoms with Crippen molar-refractivity contribution in [3.63, 3.8) is 0 Å². The highest BCUT2D eigenvalue weighted by atomic mass is 15.3. The minimum atomic E-state index is 0.425. The van der Waals surface area contributed by atoms with E-state index in [0.29, 0.717) is 11.5 Å². The highest BCUT2D eigenvalue weighted by Crippen LogP contribution is 2.29. The first-order valence-electron chi connectivity index (χ1n) is 8.72. The average molecular weight is 294 g/mol. The zero-order valence-corrected chi connectivity index (χ0v) is 14.7. The highest BCUT2D eigenvalue weighted by molar-refractivity contribution is 5.80. The van der Waals surface area contributed by atoms with Gasteiger partial charge in [0.05, 0.1) is 6.54 Å². The first kappa shape index (κ1) is 16.6. The molecule has 0 unspecified atom stereocenters. The molecule has 0 aromatic heterocycles. The fourth-order valence-corrected chi connectivity index (χ4v) is 3.26. The monoisotopic (exact) mass is 294 g/mol. The Balaban J connectivity index is 1.88. The van der Waals surface area contributed by atoms with Crippen LogP contribution in [0.5, 0.6) is 0 Å². The van der Waals surface area contributed by atoms with Gasteiger partial charge in [0.25, 0.3) is 0 Å². The van der Waals surface area contributed by atoms with Crippen LogP contribution in [0.3, 0.4) is 0 Å². The van der Waals surface area contributed by atoms with E-state index in [4.69, 9.17) is 4.99 Å². The lowest BCUT2D eigenvalue weighted by molar-refractivity contribution is 0.217. The Kier molecular flexibility index (Phi) is 5.53. The van der Waals surface area contributed by atoms with E-state index in [0.717, 1.165) is 44.7 Å². The van der Waals surface area contributed by atoms with Crippen LogP contribution in [0.4, 0.5) is 0 Å². The maximum Gasteiger partial charge on any atom is 0.193 e. The number of hydrogen-bond donors (Lipinski definition) is 1. The molecule has 1 N–H and O–H groups in total. The lowest BCUT2D eigenvalue weighted by Gasteiger charge is -2.27. The molecule has 0 bridgehead atoms. The topological polar surface area (TPSA) is 30.9 Å². The lowest BCUT2D eigenvalue weighted by atomic mass is 9.93. The summed E-state index contributed by atoms with van der Waals surface area (Å²) in [6.07, 6.45) is 4.02. The highest BCUT2D eigenvalue weighted by Gasteiger charge is 2.32. The van der Waals surface area contributed by atoms with Crippen LogP contribution in [0.1, 0.15) is 53.9 Å². The molecule has 122 valence electrons. The summed E-state index contributed by atoms with van der Waals surface area (Å²) in [5.41, 5.74) is 0.425. The normalized spacial score (nSPS) is 22.4. The van der Waals surface area contributed by atoms with E-state index < -0.39 is 0 Å². The summed E-state index contributed by atoms with van der Waals surface area (Å²) in [4.78, 5) is 9.93. The minimum Gasteiger partial charge on any atom is -0.357 e. The Morgan fingerprint density at radius 3 is 2.57 bits per heavy atom. The lowest BCUT2D eigenvalue weighted by Crippen LogP contribution is -2.41. The second-order valence-electron chi connectivity index (χ2n) is 7.63. The number of guanidine groups is 1. The van der Waals surface area contributed by atoms with E-state index >= 15 is 0 Å². The van der Waals surface area contributed by atoms with E-state index in [2.05, 4.69) is 49.7 Å². The third kappa shape index (κ3) is 4.87. The standard InChI is InChI=1S/C17H34N4/c1-6-18-16(20-11-9-17(4,5)13-20)19-10-12-21(14(2)3)15-7-8-15/h14-15H,6-13H2,1-5H3,(H,18,19). The number of likely N-dealkylation sites (tertiary alicyclic amines) is 1. The zero-order valence-electron chi connectivity index (χ0n) is 14.7. The summed E-state index contributed by atoms with van der Waals surface area (Å²) >= 11 is 0. The Hall–Kier alpha value is -0.770. The summed E-state index contributed by atoms with van der Waals surface area (Å²) < 4.78 is 0. The molecule has 0 spiro atoms. The molecular formula is C17H34N4. The van der Waals surface area contributed by atoms with Crippen molar-refractivity contribution in [1.82, 2.24) is 15.1 Å². The van der Waals surface area contributed by atoms with Crippen molar-refractivity contribution in [1.29, 1.82) is 0 Å². The number of hydrogen-bond acceptors (Lipinski definition) is 2. The van der Waals surface area contributed by atoms with Crippen LogP contribution in [0, 0.1) is 5.41 Å². The molecule has 1 saturated heterocycles. The number of nitrogens with one attached hydrogen (secondary N) is 1. The van der Waals surface area contributed by atoms with Crippen molar-refractivity contribution >= 4 is 5.96 Å². The summed E-state index contributed by atoms with van der Waals surface area (Å²) in [5, 5.41) is 3.47. The van der Waals surface area contributed by atoms with Gasteiger partial charge in [0.15, 0.2) is 5.96 Å². The van der Waals surface area contributed by atoms with Gasteiger partial charge in [-0.05, 0) is 45.4 Å². The van der Waals surface area contributed by atoms with Gasteiger partial charge >= 0.3 is 0 Å². The molecule has 0 atom stereocenters. The molecule has 21 heavy (non-hydrogen) atoms. The van der Waals surface area contributed by atoms with Crippen LogP contribution >= 0.6 is 0 Å². The minimum absolute atomic E-state index is 0.425. The van der Waals surface area contributed by atoms with E-state index in [-0.39, 0.29) is 0 Å². The number of aliphatic imine (C=N–C) groups is 1. The maximum atomic E-state index is 4.88. The first-order chi connectivity index (χ1) is 9.93. The first-order valence-corrected chi connectivity index (χ1v) is 8.72. The molecule has 1 saturated carbocycles. The van der Waals surface area contributed by atoms with E-state index in [1.807, 2.05) is 0 Å². The molecule has 2 rings (SSSR count). The molecule has 1 aliphatic carbocycles. The second-order valence-corrected chi connectivity index (χ2v) is 7.63. The van der Waals surface area contributed by atoms with Gasteiger partial charge in [0, 0.05) is 38.3 Å². The van der Waals surface area contributed by atoms with E-state index in [1.165, 1.54) is 19.3 Å². The van der Waals surface area contributed by atoms with Gasteiger partial charge in [-0.25, -0.2) is 0 Å². The summed E-state index contributed by atoms with van der Waals surface area (Å²) in [5.74, 6) is 1.11. The van der Waals surface area contributed by atoms with Crippen LogP contribution in [-0.4, -0.2) is 60.6 Å². The predicted molar refractivity (Wildman–Crippen MR) is 90.8 cm³/mol. The molecule has 4 heteroatoms. The quantitative estimate of drug-likeness (QED) is 0.603. The van der Waals surface area contributed by atoms with Gasteiger partial charge in [-0.1, -0.05) is 13.8 Å². The van der Waals surface area contributed by atoms with Crippen molar-refractivity contribution in [2.75, 3.05) is 32.7 Å². The second kappa shape index (κ2) is 6.99. The number of nitrogens with zero attached hydrogens (tertiary/aromatic N) is 3.